The maximum Gasteiger partial charge on any atom is 0.289 e. The second-order valence-electron chi connectivity index (χ2n) is 7.68. The van der Waals surface area contributed by atoms with Crippen LogP contribution in [0, 0.1) is 12.8 Å². The predicted molar refractivity (Wildman–Crippen MR) is 118 cm³/mol. The quantitative estimate of drug-likeness (QED) is 0.591. The molecule has 3 aromatic heterocycles. The number of carbonyl (C=O) groups excluding carboxylic acids is 2. The number of pyridine rings is 1. The highest BCUT2D eigenvalue weighted by Crippen LogP contribution is 2.24. The fraction of sp³-hybridized carbons (Fsp3) is 0.364. The van der Waals surface area contributed by atoms with Crippen LogP contribution in [0.3, 0.4) is 0 Å². The molecule has 4 heterocycles. The molecule has 3 aromatic rings. The molecule has 0 radical (unpaired) electrons. The van der Waals surface area contributed by atoms with Crippen LogP contribution in [-0.2, 0) is 17.6 Å². The van der Waals surface area contributed by atoms with E-state index in [2.05, 4.69) is 15.3 Å². The fourth-order valence-corrected chi connectivity index (χ4v) is 4.33. The summed E-state index contributed by atoms with van der Waals surface area (Å²) >= 11 is 1.55. The zero-order valence-electron chi connectivity index (χ0n) is 17.6. The number of piperidine rings is 1. The Morgan fingerprint density at radius 3 is 2.87 bits per heavy atom. The Labute approximate surface area is 185 Å². The van der Waals surface area contributed by atoms with Crippen LogP contribution >= 0.6 is 11.8 Å². The van der Waals surface area contributed by atoms with Crippen molar-refractivity contribution in [1.29, 1.82) is 0 Å². The first-order chi connectivity index (χ1) is 15.0. The number of nitrogens with zero attached hydrogens (tertiary/aromatic N) is 4. The number of hydrogen-bond acceptors (Lipinski definition) is 6. The van der Waals surface area contributed by atoms with Crippen LogP contribution in [0.4, 0.5) is 5.82 Å². The Morgan fingerprint density at radius 1 is 1.26 bits per heavy atom. The van der Waals surface area contributed by atoms with Gasteiger partial charge >= 0.3 is 0 Å². The number of amides is 2. The third-order valence-electron chi connectivity index (χ3n) is 5.23. The van der Waals surface area contributed by atoms with Crippen molar-refractivity contribution in [2.45, 2.75) is 30.7 Å². The molecule has 31 heavy (non-hydrogen) atoms. The lowest BCUT2D eigenvalue weighted by Crippen LogP contribution is -2.43. The molecule has 0 aliphatic carbocycles. The van der Waals surface area contributed by atoms with Gasteiger partial charge in [0.1, 0.15) is 11.6 Å². The van der Waals surface area contributed by atoms with Gasteiger partial charge in [0, 0.05) is 38.7 Å². The molecule has 4 rings (SSSR count). The third kappa shape index (κ3) is 5.16. The van der Waals surface area contributed by atoms with Gasteiger partial charge in [0.2, 0.25) is 5.91 Å². The summed E-state index contributed by atoms with van der Waals surface area (Å²) in [6.45, 7) is 2.93. The third-order valence-corrected chi connectivity index (χ3v) is 6.32. The number of likely N-dealkylation sites (tertiary alicyclic amines) is 1. The first kappa shape index (κ1) is 21.2. The smallest absolute Gasteiger partial charge is 0.289 e. The Hall–Kier alpha value is -3.07. The van der Waals surface area contributed by atoms with Crippen LogP contribution in [0.5, 0.6) is 0 Å². The number of carbonyl (C=O) groups is 2. The molecule has 8 nitrogen and oxygen atoms in total. The van der Waals surface area contributed by atoms with Crippen molar-refractivity contribution in [1.82, 2.24) is 19.4 Å². The lowest BCUT2D eigenvalue weighted by atomic mass is 9.97. The van der Waals surface area contributed by atoms with Crippen LogP contribution in [0.1, 0.15) is 34.7 Å². The molecule has 1 atom stereocenters. The zero-order valence-corrected chi connectivity index (χ0v) is 18.4. The Bertz CT molecular complexity index is 1060. The molecule has 1 fully saturated rings. The molecule has 0 spiro atoms. The molecule has 162 valence electrons. The number of anilines is 1. The normalized spacial score (nSPS) is 16.3. The van der Waals surface area contributed by atoms with E-state index in [0.29, 0.717) is 36.2 Å². The van der Waals surface area contributed by atoms with Gasteiger partial charge in [0.05, 0.1) is 11.7 Å². The predicted octanol–water partition coefficient (Wildman–Crippen LogP) is 3.50. The van der Waals surface area contributed by atoms with Crippen LogP contribution in [0.15, 0.2) is 52.4 Å². The average molecular weight is 440 g/mol. The number of furan rings is 1. The largest absolute Gasteiger partial charge is 0.455 e. The van der Waals surface area contributed by atoms with Crippen molar-refractivity contribution in [2.24, 2.45) is 13.0 Å². The monoisotopic (exact) mass is 439 g/mol. The van der Waals surface area contributed by atoms with Crippen molar-refractivity contribution < 1.29 is 14.0 Å². The first-order valence-electron chi connectivity index (χ1n) is 10.2. The highest BCUT2D eigenvalue weighted by Gasteiger charge is 2.30. The average Bonchev–Trinajstić information content (AvgIpc) is 3.42. The fourth-order valence-electron chi connectivity index (χ4n) is 3.50. The summed E-state index contributed by atoms with van der Waals surface area (Å²) in [4.78, 5) is 35.8. The van der Waals surface area contributed by atoms with Gasteiger partial charge in [-0.15, -0.1) is 0 Å². The topological polar surface area (TPSA) is 93.3 Å². The van der Waals surface area contributed by atoms with Crippen LogP contribution in [-0.4, -0.2) is 44.3 Å². The number of aryl methyl sites for hydroxylation is 2. The lowest BCUT2D eigenvalue weighted by molar-refractivity contribution is -0.121. The lowest BCUT2D eigenvalue weighted by Gasteiger charge is -2.31. The van der Waals surface area contributed by atoms with E-state index in [9.17, 15) is 9.59 Å². The van der Waals surface area contributed by atoms with Gasteiger partial charge < -0.3 is 19.2 Å². The number of aromatic nitrogens is 3. The highest BCUT2D eigenvalue weighted by molar-refractivity contribution is 7.98. The molecule has 0 saturated carbocycles. The standard InChI is InChI=1S/C22H25N5O3S/c1-15-5-8-19(24-12-15)25-20(28)16-4-3-10-27(13-16)21(29)18-7-6-17(30-18)14-31-22-23-9-11-26(22)2/h5-9,11-12,16H,3-4,10,13-14H2,1-2H3,(H,24,25,28). The molecule has 0 aromatic carbocycles. The van der Waals surface area contributed by atoms with E-state index in [1.807, 2.05) is 36.9 Å². The Morgan fingerprint density at radius 2 is 2.13 bits per heavy atom. The maximum atomic E-state index is 12.9. The molecule has 9 heteroatoms. The molecule has 1 aliphatic heterocycles. The van der Waals surface area contributed by atoms with E-state index < -0.39 is 0 Å². The Kier molecular flexibility index (Phi) is 6.41. The van der Waals surface area contributed by atoms with E-state index in [-0.39, 0.29) is 17.7 Å². The first-order valence-corrected chi connectivity index (χ1v) is 11.2. The van der Waals surface area contributed by atoms with Crippen molar-refractivity contribution in [3.05, 3.63) is 59.9 Å². The van der Waals surface area contributed by atoms with Crippen molar-refractivity contribution in [3.63, 3.8) is 0 Å². The minimum Gasteiger partial charge on any atom is -0.455 e. The second kappa shape index (κ2) is 9.38. The summed E-state index contributed by atoms with van der Waals surface area (Å²) in [5.74, 6) is 1.57. The van der Waals surface area contributed by atoms with Gasteiger partial charge in [-0.05, 0) is 43.5 Å². The van der Waals surface area contributed by atoms with E-state index in [0.717, 1.165) is 23.6 Å². The minimum atomic E-state index is -0.269. The van der Waals surface area contributed by atoms with Crippen molar-refractivity contribution in [2.75, 3.05) is 18.4 Å². The zero-order chi connectivity index (χ0) is 21.8. The molecule has 1 saturated heterocycles. The SMILES string of the molecule is Cc1ccc(NC(=O)C2CCCN(C(=O)c3ccc(CSc4nccn4C)o3)C2)nc1. The number of rotatable bonds is 6. The summed E-state index contributed by atoms with van der Waals surface area (Å²) in [6.07, 6.45) is 6.86. The molecular formula is C22H25N5O3S. The van der Waals surface area contributed by atoms with Crippen LogP contribution in [0.25, 0.3) is 0 Å². The number of imidazole rings is 1. The molecule has 1 unspecified atom stereocenters. The summed E-state index contributed by atoms with van der Waals surface area (Å²) < 4.78 is 7.71. The van der Waals surface area contributed by atoms with Gasteiger partial charge in [0.15, 0.2) is 10.9 Å². The number of hydrogen-bond donors (Lipinski definition) is 1. The van der Waals surface area contributed by atoms with E-state index in [4.69, 9.17) is 4.42 Å². The number of nitrogens with one attached hydrogen (secondary N) is 1. The second-order valence-corrected chi connectivity index (χ2v) is 8.62. The highest BCUT2D eigenvalue weighted by atomic mass is 32.2. The maximum absolute atomic E-state index is 12.9. The van der Waals surface area contributed by atoms with Gasteiger partial charge in [-0.1, -0.05) is 17.8 Å². The molecule has 1 aliphatic rings. The summed E-state index contributed by atoms with van der Waals surface area (Å²) in [5, 5.41) is 3.74. The molecule has 1 N–H and O–H groups in total. The number of thioether (sulfide) groups is 1. The van der Waals surface area contributed by atoms with Crippen molar-refractivity contribution >= 4 is 29.4 Å². The van der Waals surface area contributed by atoms with Gasteiger partial charge in [0.25, 0.3) is 5.91 Å². The summed E-state index contributed by atoms with van der Waals surface area (Å²) in [7, 11) is 1.93. The molecular weight excluding hydrogens is 414 g/mol. The van der Waals surface area contributed by atoms with Gasteiger partial charge in [-0.2, -0.15) is 0 Å². The van der Waals surface area contributed by atoms with Gasteiger partial charge in [-0.3, -0.25) is 9.59 Å². The molecule has 0 bridgehead atoms. The van der Waals surface area contributed by atoms with E-state index in [1.165, 1.54) is 0 Å². The summed E-state index contributed by atoms with van der Waals surface area (Å²) in [6, 6.07) is 7.21. The van der Waals surface area contributed by atoms with Gasteiger partial charge in [-0.25, -0.2) is 9.97 Å². The van der Waals surface area contributed by atoms with Crippen molar-refractivity contribution in [3.8, 4) is 0 Å². The Balaban J connectivity index is 1.34. The summed E-state index contributed by atoms with van der Waals surface area (Å²) in [5.41, 5.74) is 1.03. The van der Waals surface area contributed by atoms with Crippen LogP contribution in [0.2, 0.25) is 0 Å². The van der Waals surface area contributed by atoms with E-state index >= 15 is 0 Å². The molecule has 2 amide bonds. The van der Waals surface area contributed by atoms with E-state index in [1.54, 1.807) is 41.2 Å². The van der Waals surface area contributed by atoms with Crippen LogP contribution < -0.4 is 5.32 Å². The minimum absolute atomic E-state index is 0.111.